The molecule has 140 valence electrons. The van der Waals surface area contributed by atoms with Crippen LogP contribution in [0.4, 0.5) is 5.69 Å². The highest BCUT2D eigenvalue weighted by molar-refractivity contribution is 5.96. The number of para-hydroxylation sites is 1. The average molecular weight is 348 g/mol. The van der Waals surface area contributed by atoms with Gasteiger partial charge in [0.25, 0.3) is 0 Å². The number of hydrogen-bond donors (Lipinski definition) is 0. The first kappa shape index (κ1) is 19.9. The molecule has 2 rings (SSSR count). The summed E-state index contributed by atoms with van der Waals surface area (Å²) >= 11 is 0. The Balaban J connectivity index is 2.21. The standard InChI is InChI=1S/C20H32N2O3/c1-6-18-10-8-9-15(3)20(18)22(14-24-7-2)19(23)13-21-11-16(4)25-17(5)12-21/h8-10,16-17H,6-7,11-14H2,1-5H3/t16-,17-/m1/s1. The van der Waals surface area contributed by atoms with Crippen LogP contribution in [0.3, 0.4) is 0 Å². The number of hydrogen-bond acceptors (Lipinski definition) is 4. The fraction of sp³-hybridized carbons (Fsp3) is 0.650. The van der Waals surface area contributed by atoms with Gasteiger partial charge in [-0.1, -0.05) is 25.1 Å². The van der Waals surface area contributed by atoms with Crippen LogP contribution in [0.1, 0.15) is 38.8 Å². The van der Waals surface area contributed by atoms with Crippen molar-refractivity contribution < 1.29 is 14.3 Å². The largest absolute Gasteiger partial charge is 0.373 e. The van der Waals surface area contributed by atoms with Gasteiger partial charge in [0.2, 0.25) is 5.91 Å². The van der Waals surface area contributed by atoms with E-state index >= 15 is 0 Å². The molecule has 0 saturated carbocycles. The molecular formula is C20H32N2O3. The lowest BCUT2D eigenvalue weighted by molar-refractivity contribution is -0.124. The molecule has 1 fully saturated rings. The van der Waals surface area contributed by atoms with E-state index in [9.17, 15) is 4.79 Å². The third-order valence-electron chi connectivity index (χ3n) is 4.55. The number of nitrogens with zero attached hydrogens (tertiary/aromatic N) is 2. The fourth-order valence-electron chi connectivity index (χ4n) is 3.53. The molecule has 0 unspecified atom stereocenters. The van der Waals surface area contributed by atoms with Crippen molar-refractivity contribution in [3.63, 3.8) is 0 Å². The van der Waals surface area contributed by atoms with Gasteiger partial charge in [0.15, 0.2) is 0 Å². The maximum absolute atomic E-state index is 13.1. The highest BCUT2D eigenvalue weighted by atomic mass is 16.5. The van der Waals surface area contributed by atoms with Crippen LogP contribution in [-0.2, 0) is 20.7 Å². The van der Waals surface area contributed by atoms with E-state index in [1.54, 1.807) is 0 Å². The Morgan fingerprint density at radius 1 is 1.28 bits per heavy atom. The van der Waals surface area contributed by atoms with Crippen molar-refractivity contribution >= 4 is 11.6 Å². The average Bonchev–Trinajstić information content (AvgIpc) is 2.55. The molecule has 1 aromatic rings. The van der Waals surface area contributed by atoms with E-state index in [1.165, 1.54) is 5.56 Å². The predicted molar refractivity (Wildman–Crippen MR) is 101 cm³/mol. The summed E-state index contributed by atoms with van der Waals surface area (Å²) in [6, 6.07) is 6.19. The maximum atomic E-state index is 13.1. The number of amides is 1. The summed E-state index contributed by atoms with van der Waals surface area (Å²) in [5.74, 6) is 0.0822. The Hall–Kier alpha value is -1.43. The van der Waals surface area contributed by atoms with Gasteiger partial charge in [0, 0.05) is 19.7 Å². The van der Waals surface area contributed by atoms with Gasteiger partial charge in [-0.25, -0.2) is 0 Å². The second kappa shape index (κ2) is 9.32. The quantitative estimate of drug-likeness (QED) is 0.711. The van der Waals surface area contributed by atoms with E-state index in [0.717, 1.165) is 30.8 Å². The zero-order valence-electron chi connectivity index (χ0n) is 16.2. The van der Waals surface area contributed by atoms with Crippen LogP contribution >= 0.6 is 0 Å². The van der Waals surface area contributed by atoms with E-state index in [4.69, 9.17) is 9.47 Å². The summed E-state index contributed by atoms with van der Waals surface area (Å²) in [7, 11) is 0. The van der Waals surface area contributed by atoms with Crippen molar-refractivity contribution in [2.75, 3.05) is 37.9 Å². The van der Waals surface area contributed by atoms with Crippen LogP contribution in [0.2, 0.25) is 0 Å². The number of carbonyl (C=O) groups is 1. The summed E-state index contributed by atoms with van der Waals surface area (Å²) in [6.45, 7) is 13.1. The molecule has 1 aliphatic rings. The maximum Gasteiger partial charge on any atom is 0.243 e. The minimum Gasteiger partial charge on any atom is -0.373 e. The summed E-state index contributed by atoms with van der Waals surface area (Å²) < 4.78 is 11.4. The van der Waals surface area contributed by atoms with Gasteiger partial charge < -0.3 is 9.47 Å². The molecule has 0 aliphatic carbocycles. The summed E-state index contributed by atoms with van der Waals surface area (Å²) in [6.07, 6.45) is 1.20. The van der Waals surface area contributed by atoms with Crippen LogP contribution in [0, 0.1) is 6.92 Å². The van der Waals surface area contributed by atoms with Gasteiger partial charge in [0.05, 0.1) is 24.4 Å². The zero-order chi connectivity index (χ0) is 18.4. The molecule has 1 heterocycles. The van der Waals surface area contributed by atoms with Gasteiger partial charge >= 0.3 is 0 Å². The van der Waals surface area contributed by atoms with Gasteiger partial charge in [-0.3, -0.25) is 14.6 Å². The number of morpholine rings is 1. The predicted octanol–water partition coefficient (Wildman–Crippen LogP) is 2.99. The van der Waals surface area contributed by atoms with Crippen molar-refractivity contribution in [2.24, 2.45) is 0 Å². The number of carbonyl (C=O) groups excluding carboxylic acids is 1. The minimum atomic E-state index is 0.0822. The lowest BCUT2D eigenvalue weighted by atomic mass is 10.0. The Morgan fingerprint density at radius 2 is 1.96 bits per heavy atom. The molecule has 25 heavy (non-hydrogen) atoms. The summed E-state index contributed by atoms with van der Waals surface area (Å²) in [5.41, 5.74) is 3.28. The number of anilines is 1. The molecule has 1 saturated heterocycles. The minimum absolute atomic E-state index is 0.0822. The first-order valence-electron chi connectivity index (χ1n) is 9.30. The van der Waals surface area contributed by atoms with E-state index in [1.807, 2.05) is 17.9 Å². The van der Waals surface area contributed by atoms with E-state index in [-0.39, 0.29) is 18.1 Å². The smallest absolute Gasteiger partial charge is 0.243 e. The molecule has 0 N–H and O–H groups in total. The lowest BCUT2D eigenvalue weighted by Gasteiger charge is -2.36. The summed E-state index contributed by atoms with van der Waals surface area (Å²) in [4.78, 5) is 17.1. The van der Waals surface area contributed by atoms with Gasteiger partial charge in [-0.05, 0) is 45.2 Å². The van der Waals surface area contributed by atoms with Crippen molar-refractivity contribution in [1.29, 1.82) is 0 Å². The molecule has 1 amide bonds. The molecular weight excluding hydrogens is 316 g/mol. The molecule has 1 aromatic carbocycles. The van der Waals surface area contributed by atoms with Crippen molar-refractivity contribution in [2.45, 2.75) is 53.2 Å². The molecule has 0 spiro atoms. The van der Waals surface area contributed by atoms with E-state index in [0.29, 0.717) is 19.9 Å². The van der Waals surface area contributed by atoms with E-state index < -0.39 is 0 Å². The number of benzene rings is 1. The van der Waals surface area contributed by atoms with Crippen LogP contribution in [0.25, 0.3) is 0 Å². The Labute approximate surface area is 151 Å². The highest BCUT2D eigenvalue weighted by Gasteiger charge is 2.27. The topological polar surface area (TPSA) is 42.0 Å². The SMILES string of the molecule is CCOCN(C(=O)CN1C[C@@H](C)O[C@H](C)C1)c1c(C)cccc1CC. The third kappa shape index (κ3) is 5.27. The van der Waals surface area contributed by atoms with Gasteiger partial charge in [0.1, 0.15) is 6.73 Å². The monoisotopic (exact) mass is 348 g/mol. The lowest BCUT2D eigenvalue weighted by Crippen LogP contribution is -2.50. The molecule has 5 nitrogen and oxygen atoms in total. The Morgan fingerprint density at radius 3 is 2.56 bits per heavy atom. The van der Waals surface area contributed by atoms with Crippen LogP contribution in [0.5, 0.6) is 0 Å². The fourth-order valence-corrected chi connectivity index (χ4v) is 3.53. The molecule has 0 aromatic heterocycles. The van der Waals surface area contributed by atoms with Crippen LogP contribution < -0.4 is 4.90 Å². The molecule has 0 bridgehead atoms. The molecule has 5 heteroatoms. The van der Waals surface area contributed by atoms with Crippen LogP contribution in [0.15, 0.2) is 18.2 Å². The van der Waals surface area contributed by atoms with Gasteiger partial charge in [-0.15, -0.1) is 0 Å². The Kier molecular flexibility index (Phi) is 7.41. The molecule has 0 radical (unpaired) electrons. The van der Waals surface area contributed by atoms with Crippen molar-refractivity contribution in [1.82, 2.24) is 4.90 Å². The number of aryl methyl sites for hydroxylation is 2. The number of ether oxygens (including phenoxy) is 2. The molecule has 2 atom stereocenters. The van der Waals surface area contributed by atoms with Crippen molar-refractivity contribution in [3.05, 3.63) is 29.3 Å². The number of rotatable bonds is 7. The first-order valence-corrected chi connectivity index (χ1v) is 9.30. The van der Waals surface area contributed by atoms with E-state index in [2.05, 4.69) is 44.7 Å². The normalized spacial score (nSPS) is 21.3. The summed E-state index contributed by atoms with van der Waals surface area (Å²) in [5, 5.41) is 0. The molecule has 1 aliphatic heterocycles. The second-order valence-electron chi connectivity index (χ2n) is 6.83. The van der Waals surface area contributed by atoms with Gasteiger partial charge in [-0.2, -0.15) is 0 Å². The highest BCUT2D eigenvalue weighted by Crippen LogP contribution is 2.26. The zero-order valence-corrected chi connectivity index (χ0v) is 16.2. The van der Waals surface area contributed by atoms with Crippen molar-refractivity contribution in [3.8, 4) is 0 Å². The third-order valence-corrected chi connectivity index (χ3v) is 4.55. The first-order chi connectivity index (χ1) is 12.0. The second-order valence-corrected chi connectivity index (χ2v) is 6.83. The van der Waals surface area contributed by atoms with Crippen LogP contribution in [-0.4, -0.2) is 56.0 Å². The Bertz CT molecular complexity index is 566.